The second kappa shape index (κ2) is 4.46. The zero-order valence-electron chi connectivity index (χ0n) is 11.1. The zero-order valence-corrected chi connectivity index (χ0v) is 11.1. The van der Waals surface area contributed by atoms with Crippen LogP contribution < -0.4 is 15.5 Å². The molecular formula is C13H15N3O4. The lowest BCUT2D eigenvalue weighted by molar-refractivity contribution is -0.127. The predicted octanol–water partition coefficient (Wildman–Crippen LogP) is -0.467. The summed E-state index contributed by atoms with van der Waals surface area (Å²) in [6, 6.07) is 4.05. The van der Waals surface area contributed by atoms with Gasteiger partial charge in [-0.05, 0) is 17.7 Å². The molecule has 2 aliphatic heterocycles. The number of rotatable bonds is 2. The van der Waals surface area contributed by atoms with Gasteiger partial charge in [0, 0.05) is 7.05 Å². The molecule has 7 nitrogen and oxygen atoms in total. The van der Waals surface area contributed by atoms with E-state index < -0.39 is 12.0 Å². The van der Waals surface area contributed by atoms with Crippen LogP contribution in [0.25, 0.3) is 0 Å². The number of imide groups is 1. The number of phenols is 1. The molecule has 7 heteroatoms. The fraction of sp³-hybridized carbons (Fsp3) is 0.385. The summed E-state index contributed by atoms with van der Waals surface area (Å²) < 4.78 is 5.07. The smallest absolute Gasteiger partial charge is 0.246 e. The van der Waals surface area contributed by atoms with Gasteiger partial charge in [0.2, 0.25) is 11.8 Å². The Morgan fingerprint density at radius 3 is 2.75 bits per heavy atom. The van der Waals surface area contributed by atoms with E-state index in [4.69, 9.17) is 4.74 Å². The van der Waals surface area contributed by atoms with Crippen molar-refractivity contribution in [1.29, 1.82) is 0 Å². The van der Waals surface area contributed by atoms with Crippen LogP contribution in [0.2, 0.25) is 0 Å². The van der Waals surface area contributed by atoms with E-state index in [1.807, 2.05) is 0 Å². The van der Waals surface area contributed by atoms with Crippen molar-refractivity contribution in [1.82, 2.24) is 15.8 Å². The summed E-state index contributed by atoms with van der Waals surface area (Å²) >= 11 is 0. The van der Waals surface area contributed by atoms with Gasteiger partial charge < -0.3 is 9.84 Å². The number of nitrogens with zero attached hydrogens (tertiary/aromatic N) is 1. The highest BCUT2D eigenvalue weighted by Crippen LogP contribution is 2.38. The number of hydrazine groups is 1. The molecule has 20 heavy (non-hydrogen) atoms. The second-order valence-corrected chi connectivity index (χ2v) is 4.97. The van der Waals surface area contributed by atoms with Crippen LogP contribution in [0.4, 0.5) is 0 Å². The van der Waals surface area contributed by atoms with Crippen LogP contribution >= 0.6 is 0 Å². The van der Waals surface area contributed by atoms with Crippen molar-refractivity contribution in [2.75, 3.05) is 14.2 Å². The first kappa shape index (κ1) is 12.9. The third kappa shape index (κ3) is 1.75. The first-order valence-electron chi connectivity index (χ1n) is 6.23. The SMILES string of the molecule is COc1cc([C@@H]2NN(C)[C@H]3C(=O)NC(=O)[C@H]23)ccc1O. The molecule has 2 heterocycles. The van der Waals surface area contributed by atoms with Gasteiger partial charge in [0.15, 0.2) is 11.5 Å². The Morgan fingerprint density at radius 2 is 2.05 bits per heavy atom. The molecule has 3 rings (SSSR count). The lowest BCUT2D eigenvalue weighted by Gasteiger charge is -2.18. The molecule has 0 aliphatic carbocycles. The summed E-state index contributed by atoms with van der Waals surface area (Å²) in [6.07, 6.45) is 0. The molecule has 0 saturated carbocycles. The lowest BCUT2D eigenvalue weighted by Crippen LogP contribution is -2.41. The molecule has 106 valence electrons. The van der Waals surface area contributed by atoms with Gasteiger partial charge in [-0.15, -0.1) is 0 Å². The molecule has 2 amide bonds. The molecule has 2 aliphatic rings. The van der Waals surface area contributed by atoms with Crippen LogP contribution in [0, 0.1) is 5.92 Å². The average Bonchev–Trinajstić information content (AvgIpc) is 2.90. The minimum absolute atomic E-state index is 0.0334. The van der Waals surface area contributed by atoms with Gasteiger partial charge in [0.1, 0.15) is 6.04 Å². The van der Waals surface area contributed by atoms with E-state index in [0.717, 1.165) is 5.56 Å². The molecule has 0 unspecified atom stereocenters. The molecule has 3 atom stereocenters. The number of nitrogens with one attached hydrogen (secondary N) is 2. The van der Waals surface area contributed by atoms with Crippen LogP contribution in [0.5, 0.6) is 11.5 Å². The largest absolute Gasteiger partial charge is 0.504 e. The molecule has 1 aromatic rings. The number of benzene rings is 1. The topological polar surface area (TPSA) is 90.9 Å². The molecule has 0 bridgehead atoms. The summed E-state index contributed by atoms with van der Waals surface area (Å²) in [4.78, 5) is 23.7. The summed E-state index contributed by atoms with van der Waals surface area (Å²) in [6.45, 7) is 0. The highest BCUT2D eigenvalue weighted by atomic mass is 16.5. The number of fused-ring (bicyclic) bond motifs is 1. The van der Waals surface area contributed by atoms with E-state index >= 15 is 0 Å². The van der Waals surface area contributed by atoms with E-state index in [0.29, 0.717) is 5.75 Å². The number of carbonyl (C=O) groups is 2. The number of phenolic OH excluding ortho intramolecular Hbond substituents is 1. The van der Waals surface area contributed by atoms with Crippen LogP contribution in [0.1, 0.15) is 11.6 Å². The van der Waals surface area contributed by atoms with Crippen molar-refractivity contribution >= 4 is 11.8 Å². The fourth-order valence-corrected chi connectivity index (χ4v) is 2.89. The van der Waals surface area contributed by atoms with Gasteiger partial charge in [-0.3, -0.25) is 14.9 Å². The van der Waals surface area contributed by atoms with Gasteiger partial charge in [-0.1, -0.05) is 6.07 Å². The molecule has 0 radical (unpaired) electrons. The third-order valence-corrected chi connectivity index (χ3v) is 3.84. The summed E-state index contributed by atoms with van der Waals surface area (Å²) in [5, 5.41) is 13.6. The highest BCUT2D eigenvalue weighted by molar-refractivity contribution is 6.07. The summed E-state index contributed by atoms with van der Waals surface area (Å²) in [5.41, 5.74) is 3.90. The molecule has 2 fully saturated rings. The number of hydrogen-bond acceptors (Lipinski definition) is 6. The predicted molar refractivity (Wildman–Crippen MR) is 68.7 cm³/mol. The van der Waals surface area contributed by atoms with E-state index in [1.54, 1.807) is 24.2 Å². The number of amides is 2. The van der Waals surface area contributed by atoms with E-state index in [-0.39, 0.29) is 23.6 Å². The van der Waals surface area contributed by atoms with Crippen molar-refractivity contribution in [3.05, 3.63) is 23.8 Å². The summed E-state index contributed by atoms with van der Waals surface area (Å²) in [7, 11) is 3.19. The van der Waals surface area contributed by atoms with Gasteiger partial charge >= 0.3 is 0 Å². The Labute approximate surface area is 115 Å². The van der Waals surface area contributed by atoms with Gasteiger partial charge in [0.25, 0.3) is 0 Å². The van der Waals surface area contributed by atoms with Crippen molar-refractivity contribution in [2.45, 2.75) is 12.1 Å². The van der Waals surface area contributed by atoms with Crippen LogP contribution in [0.3, 0.4) is 0 Å². The number of aromatic hydroxyl groups is 1. The monoisotopic (exact) mass is 277 g/mol. The Balaban J connectivity index is 1.99. The first-order valence-corrected chi connectivity index (χ1v) is 6.23. The maximum Gasteiger partial charge on any atom is 0.246 e. The number of likely N-dealkylation sites (N-methyl/N-ethyl adjacent to an activating group) is 1. The van der Waals surface area contributed by atoms with Crippen molar-refractivity contribution in [3.8, 4) is 11.5 Å². The van der Waals surface area contributed by atoms with E-state index in [2.05, 4.69) is 10.7 Å². The normalized spacial score (nSPS) is 29.4. The Kier molecular flexibility index (Phi) is 2.88. The first-order chi connectivity index (χ1) is 9.52. The molecule has 2 saturated heterocycles. The van der Waals surface area contributed by atoms with Gasteiger partial charge in [0.05, 0.1) is 19.1 Å². The number of methoxy groups -OCH3 is 1. The summed E-state index contributed by atoms with van der Waals surface area (Å²) in [5.74, 6) is -0.690. The Hall–Kier alpha value is -2.12. The third-order valence-electron chi connectivity index (χ3n) is 3.84. The Morgan fingerprint density at radius 1 is 1.30 bits per heavy atom. The van der Waals surface area contributed by atoms with Crippen LogP contribution in [-0.2, 0) is 9.59 Å². The van der Waals surface area contributed by atoms with E-state index in [9.17, 15) is 14.7 Å². The van der Waals surface area contributed by atoms with Crippen molar-refractivity contribution < 1.29 is 19.4 Å². The molecule has 0 spiro atoms. The standard InChI is InChI=1S/C13H15N3O4/c1-16-11-9(12(18)14-13(11)19)10(15-16)6-3-4-7(17)8(5-6)20-2/h3-5,9-11,15,17H,1-2H3,(H,14,18,19)/t9-,10+,11-/m1/s1. The maximum absolute atomic E-state index is 11.9. The quantitative estimate of drug-likeness (QED) is 0.633. The van der Waals surface area contributed by atoms with Gasteiger partial charge in [-0.25, -0.2) is 10.4 Å². The minimum Gasteiger partial charge on any atom is -0.504 e. The molecule has 1 aromatic carbocycles. The number of ether oxygens (including phenoxy) is 1. The average molecular weight is 277 g/mol. The second-order valence-electron chi connectivity index (χ2n) is 4.97. The lowest BCUT2D eigenvalue weighted by atomic mass is 9.91. The number of carbonyl (C=O) groups excluding carboxylic acids is 2. The molecule has 3 N–H and O–H groups in total. The molecule has 0 aromatic heterocycles. The van der Waals surface area contributed by atoms with Gasteiger partial charge in [-0.2, -0.15) is 0 Å². The fourth-order valence-electron chi connectivity index (χ4n) is 2.89. The zero-order chi connectivity index (χ0) is 14.4. The van der Waals surface area contributed by atoms with Crippen LogP contribution in [-0.4, -0.2) is 42.1 Å². The highest BCUT2D eigenvalue weighted by Gasteiger charge is 2.53. The minimum atomic E-state index is -0.507. The van der Waals surface area contributed by atoms with Crippen molar-refractivity contribution in [2.24, 2.45) is 5.92 Å². The number of hydrogen-bond donors (Lipinski definition) is 3. The molecular weight excluding hydrogens is 262 g/mol. The Bertz CT molecular complexity index is 589. The van der Waals surface area contributed by atoms with Crippen LogP contribution in [0.15, 0.2) is 18.2 Å². The van der Waals surface area contributed by atoms with Crippen molar-refractivity contribution in [3.63, 3.8) is 0 Å². The van der Waals surface area contributed by atoms with E-state index in [1.165, 1.54) is 13.2 Å². The maximum atomic E-state index is 11.9.